The number of aromatic nitrogens is 2. The predicted molar refractivity (Wildman–Crippen MR) is 116 cm³/mol. The number of halogens is 1. The van der Waals surface area contributed by atoms with Crippen LogP contribution in [0.15, 0.2) is 30.3 Å². The normalized spacial score (nSPS) is 27.3. The standard InChI is InChI=1S/C24H31FN4O/c1-16-2-3-20(25)12-22(16)23-4-5-24(28-27-23)26-21-10-18-14-29(15-19(18)11-21)13-17-6-8-30-9-7-17/h2-5,12,17-19,21H,6-11,13-15H2,1H3,(H,26,28). The van der Waals surface area contributed by atoms with Crippen LogP contribution in [0, 0.1) is 30.5 Å². The summed E-state index contributed by atoms with van der Waals surface area (Å²) in [4.78, 5) is 2.69. The Hall–Kier alpha value is -2.05. The molecular weight excluding hydrogens is 379 g/mol. The fourth-order valence-electron chi connectivity index (χ4n) is 5.59. The fraction of sp³-hybridized carbons (Fsp3) is 0.583. The summed E-state index contributed by atoms with van der Waals surface area (Å²) >= 11 is 0. The molecule has 160 valence electrons. The first kappa shape index (κ1) is 19.9. The Morgan fingerprint density at radius 1 is 1.07 bits per heavy atom. The first-order valence-electron chi connectivity index (χ1n) is 11.3. The number of benzene rings is 1. The first-order valence-corrected chi connectivity index (χ1v) is 11.3. The van der Waals surface area contributed by atoms with E-state index in [0.29, 0.717) is 11.7 Å². The highest BCUT2D eigenvalue weighted by Crippen LogP contribution is 2.39. The summed E-state index contributed by atoms with van der Waals surface area (Å²) in [5.74, 6) is 2.98. The molecule has 1 N–H and O–H groups in total. The molecule has 5 rings (SSSR count). The number of ether oxygens (including phenoxy) is 1. The Morgan fingerprint density at radius 3 is 2.53 bits per heavy atom. The van der Waals surface area contributed by atoms with Crippen LogP contribution in [0.2, 0.25) is 0 Å². The van der Waals surface area contributed by atoms with E-state index in [9.17, 15) is 4.39 Å². The smallest absolute Gasteiger partial charge is 0.148 e. The average molecular weight is 411 g/mol. The number of nitrogens with one attached hydrogen (secondary N) is 1. The highest BCUT2D eigenvalue weighted by Gasteiger charge is 2.41. The van der Waals surface area contributed by atoms with E-state index in [1.165, 1.54) is 57.5 Å². The molecule has 0 radical (unpaired) electrons. The van der Waals surface area contributed by atoms with Gasteiger partial charge in [0.05, 0.1) is 5.69 Å². The van der Waals surface area contributed by atoms with E-state index in [1.807, 2.05) is 19.1 Å². The summed E-state index contributed by atoms with van der Waals surface area (Å²) in [5.41, 5.74) is 2.51. The van der Waals surface area contributed by atoms with Crippen molar-refractivity contribution in [3.63, 3.8) is 0 Å². The molecule has 0 bridgehead atoms. The minimum Gasteiger partial charge on any atom is -0.381 e. The number of rotatable bonds is 5. The number of hydrogen-bond acceptors (Lipinski definition) is 5. The Balaban J connectivity index is 1.14. The molecule has 3 heterocycles. The Labute approximate surface area is 178 Å². The molecule has 1 aromatic heterocycles. The van der Waals surface area contributed by atoms with Crippen LogP contribution >= 0.6 is 0 Å². The Kier molecular flexibility index (Phi) is 5.70. The third kappa shape index (κ3) is 4.35. The number of aryl methyl sites for hydroxylation is 1. The number of nitrogens with zero attached hydrogens (tertiary/aromatic N) is 3. The van der Waals surface area contributed by atoms with Crippen LogP contribution in [0.4, 0.5) is 10.2 Å². The zero-order chi connectivity index (χ0) is 20.5. The van der Waals surface area contributed by atoms with Crippen molar-refractivity contribution in [2.24, 2.45) is 17.8 Å². The second kappa shape index (κ2) is 8.60. The van der Waals surface area contributed by atoms with Gasteiger partial charge in [0, 0.05) is 44.5 Å². The SMILES string of the molecule is Cc1ccc(F)cc1-c1ccc(NC2CC3CN(CC4CCOCC4)CC3C2)nn1. The van der Waals surface area contributed by atoms with E-state index in [2.05, 4.69) is 20.4 Å². The van der Waals surface area contributed by atoms with Gasteiger partial charge in [0.25, 0.3) is 0 Å². The molecule has 1 aliphatic carbocycles. The maximum atomic E-state index is 13.6. The monoisotopic (exact) mass is 410 g/mol. The highest BCUT2D eigenvalue weighted by molar-refractivity contribution is 5.63. The lowest BCUT2D eigenvalue weighted by Crippen LogP contribution is -2.32. The van der Waals surface area contributed by atoms with Gasteiger partial charge < -0.3 is 15.0 Å². The van der Waals surface area contributed by atoms with Crippen LogP contribution < -0.4 is 5.32 Å². The molecule has 0 amide bonds. The molecular formula is C24H31FN4O. The first-order chi connectivity index (χ1) is 14.6. The third-order valence-electron chi connectivity index (χ3n) is 7.18. The van der Waals surface area contributed by atoms with Crippen LogP contribution in [0.5, 0.6) is 0 Å². The molecule has 3 fully saturated rings. The van der Waals surface area contributed by atoms with Crippen molar-refractivity contribution in [3.8, 4) is 11.3 Å². The summed E-state index contributed by atoms with van der Waals surface area (Å²) < 4.78 is 19.1. The molecule has 5 nitrogen and oxygen atoms in total. The van der Waals surface area contributed by atoms with E-state index in [0.717, 1.165) is 47.9 Å². The van der Waals surface area contributed by atoms with Gasteiger partial charge in [-0.25, -0.2) is 4.39 Å². The lowest BCUT2D eigenvalue weighted by atomic mass is 10.00. The van der Waals surface area contributed by atoms with Gasteiger partial charge in [-0.1, -0.05) is 6.07 Å². The zero-order valence-electron chi connectivity index (χ0n) is 17.7. The van der Waals surface area contributed by atoms with Gasteiger partial charge in [-0.05, 0) is 80.2 Å². The second-order valence-corrected chi connectivity index (χ2v) is 9.37. The highest BCUT2D eigenvalue weighted by atomic mass is 19.1. The summed E-state index contributed by atoms with van der Waals surface area (Å²) in [7, 11) is 0. The molecule has 2 atom stereocenters. The van der Waals surface area contributed by atoms with Gasteiger partial charge in [-0.3, -0.25) is 0 Å². The lowest BCUT2D eigenvalue weighted by molar-refractivity contribution is 0.0545. The van der Waals surface area contributed by atoms with Gasteiger partial charge in [-0.15, -0.1) is 10.2 Å². The van der Waals surface area contributed by atoms with Crippen molar-refractivity contribution in [3.05, 3.63) is 41.7 Å². The number of hydrogen-bond donors (Lipinski definition) is 1. The van der Waals surface area contributed by atoms with E-state index < -0.39 is 0 Å². The topological polar surface area (TPSA) is 50.3 Å². The summed E-state index contributed by atoms with van der Waals surface area (Å²) in [5, 5.41) is 12.3. The van der Waals surface area contributed by atoms with Crippen LogP contribution in [0.1, 0.15) is 31.2 Å². The van der Waals surface area contributed by atoms with E-state index in [4.69, 9.17) is 4.74 Å². The Morgan fingerprint density at radius 2 is 1.83 bits per heavy atom. The molecule has 30 heavy (non-hydrogen) atoms. The minimum absolute atomic E-state index is 0.247. The number of anilines is 1. The van der Waals surface area contributed by atoms with Gasteiger partial charge in [0.2, 0.25) is 0 Å². The molecule has 1 aromatic carbocycles. The summed E-state index contributed by atoms with van der Waals surface area (Å²) in [6.45, 7) is 7.57. The molecule has 0 spiro atoms. The van der Waals surface area contributed by atoms with E-state index >= 15 is 0 Å². The lowest BCUT2D eigenvalue weighted by Gasteiger charge is -2.27. The average Bonchev–Trinajstić information content (AvgIpc) is 3.29. The molecule has 2 aliphatic heterocycles. The van der Waals surface area contributed by atoms with E-state index in [1.54, 1.807) is 6.07 Å². The van der Waals surface area contributed by atoms with E-state index in [-0.39, 0.29) is 5.82 Å². The number of fused-ring (bicyclic) bond motifs is 1. The summed E-state index contributed by atoms with van der Waals surface area (Å²) in [6, 6.07) is 9.16. The zero-order valence-corrected chi connectivity index (χ0v) is 17.7. The van der Waals surface area contributed by atoms with Crippen LogP contribution in [-0.2, 0) is 4.74 Å². The molecule has 3 aliphatic rings. The van der Waals surface area contributed by atoms with Crippen molar-refractivity contribution in [2.45, 2.75) is 38.6 Å². The maximum Gasteiger partial charge on any atom is 0.148 e. The molecule has 2 saturated heterocycles. The van der Waals surface area contributed by atoms with Crippen molar-refractivity contribution in [1.29, 1.82) is 0 Å². The van der Waals surface area contributed by atoms with Crippen molar-refractivity contribution < 1.29 is 9.13 Å². The van der Waals surface area contributed by atoms with Crippen molar-refractivity contribution in [1.82, 2.24) is 15.1 Å². The van der Waals surface area contributed by atoms with Gasteiger partial charge in [-0.2, -0.15) is 0 Å². The molecule has 2 aromatic rings. The minimum atomic E-state index is -0.247. The predicted octanol–water partition coefficient (Wildman–Crippen LogP) is 4.14. The largest absolute Gasteiger partial charge is 0.381 e. The van der Waals surface area contributed by atoms with Crippen LogP contribution in [0.3, 0.4) is 0 Å². The fourth-order valence-corrected chi connectivity index (χ4v) is 5.59. The maximum absolute atomic E-state index is 13.6. The Bertz CT molecular complexity index is 854. The molecule has 2 unspecified atom stereocenters. The number of likely N-dealkylation sites (tertiary alicyclic amines) is 1. The molecule has 1 saturated carbocycles. The van der Waals surface area contributed by atoms with Gasteiger partial charge in [0.15, 0.2) is 0 Å². The van der Waals surface area contributed by atoms with Crippen LogP contribution in [-0.4, -0.2) is 54.0 Å². The van der Waals surface area contributed by atoms with Crippen LogP contribution in [0.25, 0.3) is 11.3 Å². The third-order valence-corrected chi connectivity index (χ3v) is 7.18. The molecule has 6 heteroatoms. The van der Waals surface area contributed by atoms with Gasteiger partial charge >= 0.3 is 0 Å². The second-order valence-electron chi connectivity index (χ2n) is 9.37. The summed E-state index contributed by atoms with van der Waals surface area (Å²) in [6.07, 6.45) is 4.86. The van der Waals surface area contributed by atoms with Crippen molar-refractivity contribution in [2.75, 3.05) is 38.2 Å². The van der Waals surface area contributed by atoms with Gasteiger partial charge in [0.1, 0.15) is 11.6 Å². The van der Waals surface area contributed by atoms with Crippen molar-refractivity contribution >= 4 is 5.82 Å². The quantitative estimate of drug-likeness (QED) is 0.803.